The highest BCUT2D eigenvalue weighted by atomic mass is 16.5. The summed E-state index contributed by atoms with van der Waals surface area (Å²) in [5.41, 5.74) is 1.60. The van der Waals surface area contributed by atoms with E-state index >= 15 is 0 Å². The first-order chi connectivity index (χ1) is 11.2. The number of ether oxygens (including phenoxy) is 1. The third-order valence-corrected chi connectivity index (χ3v) is 4.57. The van der Waals surface area contributed by atoms with Crippen molar-refractivity contribution in [2.75, 3.05) is 7.11 Å². The average Bonchev–Trinajstić information content (AvgIpc) is 2.85. The zero-order valence-electron chi connectivity index (χ0n) is 13.0. The third kappa shape index (κ3) is 2.12. The van der Waals surface area contributed by atoms with Crippen molar-refractivity contribution < 1.29 is 14.3 Å². The molecule has 2 aromatic rings. The molecule has 3 heteroatoms. The summed E-state index contributed by atoms with van der Waals surface area (Å²) in [7, 11) is 1.31. The van der Waals surface area contributed by atoms with Gasteiger partial charge >= 0.3 is 5.97 Å². The summed E-state index contributed by atoms with van der Waals surface area (Å²) in [5.74, 6) is -1.53. The summed E-state index contributed by atoms with van der Waals surface area (Å²) in [6.45, 7) is 3.82. The number of Topliss-reactive ketones (excluding diaryl/α,β-unsaturated/α-hetero) is 1. The molecule has 3 rings (SSSR count). The summed E-state index contributed by atoms with van der Waals surface area (Å²) in [5, 5.41) is 0. The Bertz CT molecular complexity index is 763. The molecular weight excluding hydrogens is 288 g/mol. The minimum Gasteiger partial charge on any atom is -0.468 e. The van der Waals surface area contributed by atoms with Crippen molar-refractivity contribution in [2.45, 2.75) is 17.8 Å². The fourth-order valence-corrected chi connectivity index (χ4v) is 3.57. The van der Waals surface area contributed by atoms with Gasteiger partial charge in [-0.25, -0.2) is 0 Å². The lowest BCUT2D eigenvalue weighted by Crippen LogP contribution is -2.36. The highest BCUT2D eigenvalue weighted by molar-refractivity contribution is 6.15. The Balaban J connectivity index is 2.30. The molecule has 0 spiro atoms. The summed E-state index contributed by atoms with van der Waals surface area (Å²) in [6, 6.07) is 17.1. The second-order valence-electron chi connectivity index (χ2n) is 5.67. The Morgan fingerprint density at radius 3 is 2.48 bits per heavy atom. The van der Waals surface area contributed by atoms with Crippen LogP contribution >= 0.6 is 0 Å². The molecule has 0 heterocycles. The van der Waals surface area contributed by atoms with Crippen LogP contribution in [0.15, 0.2) is 67.3 Å². The molecule has 0 N–H and O–H groups in total. The molecule has 2 aromatic carbocycles. The number of ketones is 1. The molecule has 0 bridgehead atoms. The minimum absolute atomic E-state index is 0.142. The van der Waals surface area contributed by atoms with Gasteiger partial charge in [0.15, 0.2) is 5.78 Å². The lowest BCUT2D eigenvalue weighted by Gasteiger charge is -2.28. The van der Waals surface area contributed by atoms with Crippen molar-refractivity contribution in [3.63, 3.8) is 0 Å². The van der Waals surface area contributed by atoms with Crippen LogP contribution in [0, 0.1) is 0 Å². The molecule has 1 unspecified atom stereocenters. The van der Waals surface area contributed by atoms with Crippen molar-refractivity contribution in [3.8, 4) is 0 Å². The van der Waals surface area contributed by atoms with E-state index in [2.05, 4.69) is 6.58 Å². The zero-order valence-corrected chi connectivity index (χ0v) is 13.0. The Morgan fingerprint density at radius 2 is 1.83 bits per heavy atom. The van der Waals surface area contributed by atoms with Gasteiger partial charge in [-0.2, -0.15) is 0 Å². The van der Waals surface area contributed by atoms with E-state index in [1.165, 1.54) is 7.11 Å². The maximum Gasteiger partial charge on any atom is 0.320 e. The first-order valence-electron chi connectivity index (χ1n) is 7.54. The lowest BCUT2D eigenvalue weighted by molar-refractivity contribution is -0.146. The van der Waals surface area contributed by atoms with Crippen LogP contribution in [-0.2, 0) is 19.7 Å². The molecule has 23 heavy (non-hydrogen) atoms. The van der Waals surface area contributed by atoms with Crippen LogP contribution in [0.5, 0.6) is 0 Å². The highest BCUT2D eigenvalue weighted by Crippen LogP contribution is 2.49. The number of carbonyl (C=O) groups is 2. The van der Waals surface area contributed by atoms with Gasteiger partial charge in [0.2, 0.25) is 0 Å². The maximum atomic E-state index is 13.3. The Morgan fingerprint density at radius 1 is 1.17 bits per heavy atom. The van der Waals surface area contributed by atoms with Gasteiger partial charge in [0.25, 0.3) is 0 Å². The number of fused-ring (bicyclic) bond motifs is 1. The van der Waals surface area contributed by atoms with E-state index in [1.807, 2.05) is 54.6 Å². The number of benzene rings is 2. The number of hydrogen-bond donors (Lipinski definition) is 0. The summed E-state index contributed by atoms with van der Waals surface area (Å²) >= 11 is 0. The van der Waals surface area contributed by atoms with Gasteiger partial charge < -0.3 is 4.74 Å². The molecule has 116 valence electrons. The molecule has 0 fully saturated rings. The van der Waals surface area contributed by atoms with Crippen LogP contribution in [0.25, 0.3) is 0 Å². The fraction of sp³-hybridized carbons (Fsp3) is 0.200. The third-order valence-electron chi connectivity index (χ3n) is 4.57. The van der Waals surface area contributed by atoms with E-state index in [0.717, 1.165) is 16.7 Å². The van der Waals surface area contributed by atoms with Gasteiger partial charge in [0.05, 0.1) is 12.5 Å². The largest absolute Gasteiger partial charge is 0.468 e. The van der Waals surface area contributed by atoms with Gasteiger partial charge in [-0.1, -0.05) is 60.7 Å². The normalized spacial score (nSPS) is 22.5. The van der Waals surface area contributed by atoms with E-state index in [9.17, 15) is 9.59 Å². The van der Waals surface area contributed by atoms with Gasteiger partial charge in [-0.3, -0.25) is 9.59 Å². The number of hydrogen-bond acceptors (Lipinski definition) is 3. The first kappa shape index (κ1) is 15.2. The van der Waals surface area contributed by atoms with Gasteiger partial charge in [0.1, 0.15) is 5.92 Å². The standard InChI is InChI=1S/C20H18O3/c1-3-13-20(14-9-5-4-6-10-14)16-12-8-7-11-15(16)17(18(20)21)19(22)23-2/h3-12,17H,1,13H2,2H3/t17?,20-/m0/s1. The quantitative estimate of drug-likeness (QED) is 0.494. The van der Waals surface area contributed by atoms with Crippen LogP contribution in [0.2, 0.25) is 0 Å². The maximum absolute atomic E-state index is 13.3. The molecule has 3 nitrogen and oxygen atoms in total. The van der Waals surface area contributed by atoms with Crippen molar-refractivity contribution in [3.05, 3.63) is 83.9 Å². The Labute approximate surface area is 135 Å². The van der Waals surface area contributed by atoms with Crippen molar-refractivity contribution in [1.82, 2.24) is 0 Å². The topological polar surface area (TPSA) is 43.4 Å². The SMILES string of the molecule is C=CC[C@@]1(c2ccccc2)C(=O)C(C(=O)OC)c2ccccc21. The average molecular weight is 306 g/mol. The first-order valence-corrected chi connectivity index (χ1v) is 7.54. The molecule has 0 radical (unpaired) electrons. The van der Waals surface area contributed by atoms with Crippen molar-refractivity contribution in [2.24, 2.45) is 0 Å². The molecule has 0 amide bonds. The van der Waals surface area contributed by atoms with E-state index in [0.29, 0.717) is 6.42 Å². The van der Waals surface area contributed by atoms with Crippen LogP contribution in [0.1, 0.15) is 29.0 Å². The molecule has 0 aromatic heterocycles. The summed E-state index contributed by atoms with van der Waals surface area (Å²) in [6.07, 6.45) is 2.18. The van der Waals surface area contributed by atoms with Crippen molar-refractivity contribution >= 4 is 11.8 Å². The van der Waals surface area contributed by atoms with E-state index in [4.69, 9.17) is 4.74 Å². The van der Waals surface area contributed by atoms with Crippen LogP contribution in [0.4, 0.5) is 0 Å². The van der Waals surface area contributed by atoms with E-state index in [-0.39, 0.29) is 5.78 Å². The molecule has 1 aliphatic carbocycles. The Hall–Kier alpha value is -2.68. The molecule has 2 atom stereocenters. The number of rotatable bonds is 4. The fourth-order valence-electron chi connectivity index (χ4n) is 3.57. The number of methoxy groups -OCH3 is 1. The lowest BCUT2D eigenvalue weighted by atomic mass is 9.71. The van der Waals surface area contributed by atoms with Gasteiger partial charge in [0, 0.05) is 0 Å². The van der Waals surface area contributed by atoms with Crippen molar-refractivity contribution in [1.29, 1.82) is 0 Å². The monoisotopic (exact) mass is 306 g/mol. The van der Waals surface area contributed by atoms with Crippen LogP contribution in [-0.4, -0.2) is 18.9 Å². The molecular formula is C20H18O3. The predicted molar refractivity (Wildman–Crippen MR) is 88.2 cm³/mol. The number of carbonyl (C=O) groups excluding carboxylic acids is 2. The molecule has 0 aliphatic heterocycles. The van der Waals surface area contributed by atoms with E-state index in [1.54, 1.807) is 6.08 Å². The van der Waals surface area contributed by atoms with E-state index < -0.39 is 17.3 Å². The summed E-state index contributed by atoms with van der Waals surface area (Å²) in [4.78, 5) is 25.6. The second-order valence-corrected chi connectivity index (χ2v) is 5.67. The smallest absolute Gasteiger partial charge is 0.320 e. The molecule has 1 aliphatic rings. The van der Waals surface area contributed by atoms with Gasteiger partial charge in [-0.15, -0.1) is 6.58 Å². The second kappa shape index (κ2) is 5.84. The minimum atomic E-state index is -0.878. The number of allylic oxidation sites excluding steroid dienone is 1. The van der Waals surface area contributed by atoms with Crippen LogP contribution in [0.3, 0.4) is 0 Å². The predicted octanol–water partition coefficient (Wildman–Crippen LogP) is 3.39. The van der Waals surface area contributed by atoms with Gasteiger partial charge in [-0.05, 0) is 23.1 Å². The molecule has 0 saturated carbocycles. The van der Waals surface area contributed by atoms with Crippen LogP contribution < -0.4 is 0 Å². The molecule has 0 saturated heterocycles. The highest BCUT2D eigenvalue weighted by Gasteiger charge is 2.54. The Kier molecular flexibility index (Phi) is 3.87. The zero-order chi connectivity index (χ0) is 16.4. The summed E-state index contributed by atoms with van der Waals surface area (Å²) < 4.78 is 4.88. The number of esters is 1.